The van der Waals surface area contributed by atoms with Gasteiger partial charge in [-0.25, -0.2) is 4.99 Å². The molecule has 1 aromatic rings. The van der Waals surface area contributed by atoms with E-state index in [9.17, 15) is 13.2 Å². The Morgan fingerprint density at radius 3 is 2.43 bits per heavy atom. The van der Waals surface area contributed by atoms with Gasteiger partial charge in [-0.05, 0) is 37.5 Å². The Bertz CT molecular complexity index is 625. The Morgan fingerprint density at radius 2 is 1.87 bits per heavy atom. The van der Waals surface area contributed by atoms with Gasteiger partial charge in [0, 0.05) is 39.3 Å². The number of hydrogen-bond acceptors (Lipinski definition) is 4. The molecule has 0 spiro atoms. The lowest BCUT2D eigenvalue weighted by atomic mass is 10.2. The SMILES string of the molecule is CCNC(=NCc1ccc(OCC(F)(F)F)cc1)NCCN(CCOC)C1CC1.I. The van der Waals surface area contributed by atoms with E-state index in [0.717, 1.165) is 38.3 Å². The van der Waals surface area contributed by atoms with Gasteiger partial charge in [-0.2, -0.15) is 13.2 Å². The molecule has 30 heavy (non-hydrogen) atoms. The van der Waals surface area contributed by atoms with Crippen LogP contribution in [-0.4, -0.2) is 69.6 Å². The summed E-state index contributed by atoms with van der Waals surface area (Å²) in [5, 5.41) is 6.54. The minimum absolute atomic E-state index is 0. The Kier molecular flexibility index (Phi) is 12.4. The quantitative estimate of drug-likeness (QED) is 0.240. The van der Waals surface area contributed by atoms with Crippen molar-refractivity contribution in [3.63, 3.8) is 0 Å². The predicted octanol–water partition coefficient (Wildman–Crippen LogP) is 3.41. The fraction of sp³-hybridized carbons (Fsp3) is 0.650. The van der Waals surface area contributed by atoms with E-state index < -0.39 is 12.8 Å². The summed E-state index contributed by atoms with van der Waals surface area (Å²) in [5.41, 5.74) is 0.890. The number of halogens is 4. The van der Waals surface area contributed by atoms with Crippen molar-refractivity contribution in [1.82, 2.24) is 15.5 Å². The van der Waals surface area contributed by atoms with Crippen molar-refractivity contribution in [3.8, 4) is 5.75 Å². The summed E-state index contributed by atoms with van der Waals surface area (Å²) < 4.78 is 46.5. The van der Waals surface area contributed by atoms with Crippen LogP contribution >= 0.6 is 24.0 Å². The highest BCUT2D eigenvalue weighted by Crippen LogP contribution is 2.26. The number of nitrogens with zero attached hydrogens (tertiary/aromatic N) is 2. The van der Waals surface area contributed by atoms with Crippen LogP contribution in [-0.2, 0) is 11.3 Å². The van der Waals surface area contributed by atoms with E-state index in [1.54, 1.807) is 19.2 Å². The van der Waals surface area contributed by atoms with Gasteiger partial charge in [-0.3, -0.25) is 4.90 Å². The van der Waals surface area contributed by atoms with Gasteiger partial charge in [-0.15, -0.1) is 24.0 Å². The van der Waals surface area contributed by atoms with Crippen LogP contribution in [0.2, 0.25) is 0 Å². The second-order valence-corrected chi connectivity index (χ2v) is 6.93. The van der Waals surface area contributed by atoms with Crippen LogP contribution in [0.25, 0.3) is 0 Å². The molecule has 0 aliphatic heterocycles. The number of alkyl halides is 3. The molecule has 0 unspecified atom stereocenters. The topological polar surface area (TPSA) is 58.1 Å². The van der Waals surface area contributed by atoms with Gasteiger partial charge < -0.3 is 20.1 Å². The van der Waals surface area contributed by atoms with Crippen LogP contribution in [0.3, 0.4) is 0 Å². The van der Waals surface area contributed by atoms with E-state index in [2.05, 4.69) is 20.5 Å². The summed E-state index contributed by atoms with van der Waals surface area (Å²) in [6, 6.07) is 7.17. The van der Waals surface area contributed by atoms with Crippen LogP contribution in [0.1, 0.15) is 25.3 Å². The van der Waals surface area contributed by atoms with Gasteiger partial charge in [0.05, 0.1) is 13.2 Å². The molecule has 0 atom stereocenters. The van der Waals surface area contributed by atoms with Crippen molar-refractivity contribution in [3.05, 3.63) is 29.8 Å². The highest BCUT2D eigenvalue weighted by Gasteiger charge is 2.28. The van der Waals surface area contributed by atoms with Crippen LogP contribution in [0, 0.1) is 0 Å². The van der Waals surface area contributed by atoms with Gasteiger partial charge in [-0.1, -0.05) is 12.1 Å². The molecule has 0 radical (unpaired) electrons. The monoisotopic (exact) mass is 544 g/mol. The molecule has 10 heteroatoms. The first-order chi connectivity index (χ1) is 13.9. The number of nitrogens with one attached hydrogen (secondary N) is 2. The van der Waals surface area contributed by atoms with E-state index in [1.165, 1.54) is 25.0 Å². The maximum atomic E-state index is 12.2. The van der Waals surface area contributed by atoms with Gasteiger partial charge in [0.1, 0.15) is 5.75 Å². The van der Waals surface area contributed by atoms with E-state index in [-0.39, 0.29) is 29.7 Å². The zero-order valence-electron chi connectivity index (χ0n) is 17.5. The average Bonchev–Trinajstić information content (AvgIpc) is 3.52. The Labute approximate surface area is 193 Å². The molecule has 0 aromatic heterocycles. The van der Waals surface area contributed by atoms with Crippen LogP contribution in [0.15, 0.2) is 29.3 Å². The molecule has 1 aromatic carbocycles. The van der Waals surface area contributed by atoms with Crippen molar-refractivity contribution < 1.29 is 22.6 Å². The van der Waals surface area contributed by atoms with Crippen LogP contribution in [0.4, 0.5) is 13.2 Å². The van der Waals surface area contributed by atoms with Gasteiger partial charge in [0.25, 0.3) is 0 Å². The maximum Gasteiger partial charge on any atom is 0.422 e. The van der Waals surface area contributed by atoms with Crippen molar-refractivity contribution in [2.75, 3.05) is 46.5 Å². The molecule has 172 valence electrons. The summed E-state index contributed by atoms with van der Waals surface area (Å²) in [7, 11) is 1.72. The van der Waals surface area contributed by atoms with Crippen LogP contribution < -0.4 is 15.4 Å². The van der Waals surface area contributed by atoms with Gasteiger partial charge >= 0.3 is 6.18 Å². The molecule has 1 aliphatic rings. The summed E-state index contributed by atoms with van der Waals surface area (Å²) in [5.74, 6) is 0.906. The number of hydrogen-bond donors (Lipinski definition) is 2. The normalized spacial score (nSPS) is 14.4. The highest BCUT2D eigenvalue weighted by atomic mass is 127. The lowest BCUT2D eigenvalue weighted by Gasteiger charge is -2.22. The number of rotatable bonds is 12. The highest BCUT2D eigenvalue weighted by molar-refractivity contribution is 14.0. The lowest BCUT2D eigenvalue weighted by molar-refractivity contribution is -0.153. The van der Waals surface area contributed by atoms with E-state index >= 15 is 0 Å². The third kappa shape index (κ3) is 11.2. The molecule has 2 rings (SSSR count). The third-order valence-electron chi connectivity index (χ3n) is 4.43. The molecule has 2 N–H and O–H groups in total. The molecule has 6 nitrogen and oxygen atoms in total. The molecule has 0 amide bonds. The zero-order valence-corrected chi connectivity index (χ0v) is 19.8. The smallest absolute Gasteiger partial charge is 0.422 e. The van der Waals surface area contributed by atoms with Gasteiger partial charge in [0.15, 0.2) is 12.6 Å². The summed E-state index contributed by atoms with van der Waals surface area (Å²) >= 11 is 0. The largest absolute Gasteiger partial charge is 0.484 e. The molecule has 0 saturated heterocycles. The van der Waals surface area contributed by atoms with Crippen molar-refractivity contribution >= 4 is 29.9 Å². The van der Waals surface area contributed by atoms with Crippen molar-refractivity contribution in [1.29, 1.82) is 0 Å². The number of methoxy groups -OCH3 is 1. The van der Waals surface area contributed by atoms with Crippen molar-refractivity contribution in [2.45, 2.75) is 38.5 Å². The second kappa shape index (κ2) is 13.9. The Hall–Kier alpha value is -1.27. The zero-order chi connectivity index (χ0) is 21.1. The average molecular weight is 544 g/mol. The molecule has 0 heterocycles. The molecule has 0 bridgehead atoms. The number of ether oxygens (including phenoxy) is 2. The number of aliphatic imine (C=N–C) groups is 1. The molecular weight excluding hydrogens is 512 g/mol. The third-order valence-corrected chi connectivity index (χ3v) is 4.43. The molecule has 1 saturated carbocycles. The molecule has 1 fully saturated rings. The van der Waals surface area contributed by atoms with E-state index in [1.807, 2.05) is 6.92 Å². The Morgan fingerprint density at radius 1 is 1.17 bits per heavy atom. The first-order valence-corrected chi connectivity index (χ1v) is 9.95. The fourth-order valence-corrected chi connectivity index (χ4v) is 2.81. The minimum Gasteiger partial charge on any atom is -0.484 e. The van der Waals surface area contributed by atoms with E-state index in [0.29, 0.717) is 18.5 Å². The standard InChI is InChI=1S/C20H31F3N4O2.HI/c1-3-24-19(25-10-11-27(12-13-28-2)17-6-7-17)26-14-16-4-8-18(9-5-16)29-15-20(21,22)23;/h4-5,8-9,17H,3,6-7,10-15H2,1-2H3,(H2,24,25,26);1H. The fourth-order valence-electron chi connectivity index (χ4n) is 2.81. The first kappa shape index (κ1) is 26.8. The first-order valence-electron chi connectivity index (χ1n) is 9.95. The lowest BCUT2D eigenvalue weighted by Crippen LogP contribution is -2.42. The predicted molar refractivity (Wildman–Crippen MR) is 123 cm³/mol. The second-order valence-electron chi connectivity index (χ2n) is 6.93. The van der Waals surface area contributed by atoms with Crippen molar-refractivity contribution in [2.24, 2.45) is 4.99 Å². The summed E-state index contributed by atoms with van der Waals surface area (Å²) in [6.07, 6.45) is -1.84. The molecular formula is C20H32F3IN4O2. The minimum atomic E-state index is -4.34. The van der Waals surface area contributed by atoms with Crippen LogP contribution in [0.5, 0.6) is 5.75 Å². The summed E-state index contributed by atoms with van der Waals surface area (Å²) in [6.45, 7) is 5.23. The Balaban J connectivity index is 0.00000450. The number of guanidine groups is 1. The van der Waals surface area contributed by atoms with E-state index in [4.69, 9.17) is 9.47 Å². The maximum absolute atomic E-state index is 12.2. The van der Waals surface area contributed by atoms with Gasteiger partial charge in [0.2, 0.25) is 0 Å². The molecule has 1 aliphatic carbocycles. The summed E-state index contributed by atoms with van der Waals surface area (Å²) in [4.78, 5) is 6.98. The number of benzene rings is 1.